The molecule has 1 saturated heterocycles. The predicted molar refractivity (Wildman–Crippen MR) is 66.6 cm³/mol. The van der Waals surface area contributed by atoms with Crippen LogP contribution in [0.5, 0.6) is 0 Å². The molecule has 1 aliphatic heterocycles. The van der Waals surface area contributed by atoms with Crippen molar-refractivity contribution in [1.29, 1.82) is 0 Å². The number of hydrogen-bond acceptors (Lipinski definition) is 5. The van der Waals surface area contributed by atoms with Gasteiger partial charge in [-0.25, -0.2) is 22.3 Å². The highest BCUT2D eigenvalue weighted by Crippen LogP contribution is 2.39. The molecule has 1 aliphatic carbocycles. The van der Waals surface area contributed by atoms with Crippen molar-refractivity contribution in [1.82, 2.24) is 10.2 Å². The summed E-state index contributed by atoms with van der Waals surface area (Å²) in [5.41, 5.74) is 3.91. The largest absolute Gasteiger partial charge is 0.314 e. The van der Waals surface area contributed by atoms with Crippen molar-refractivity contribution < 1.29 is 17.2 Å². The number of rotatable bonds is 2. The molecule has 0 aromatic heterocycles. The van der Waals surface area contributed by atoms with Crippen LogP contribution in [0.1, 0.15) is 0 Å². The van der Waals surface area contributed by atoms with Crippen LogP contribution in [-0.2, 0) is 10.0 Å². The van der Waals surface area contributed by atoms with E-state index in [0.717, 1.165) is 12.2 Å². The molecular weight excluding hydrogens is 278 g/mol. The van der Waals surface area contributed by atoms with Crippen molar-refractivity contribution in [2.45, 2.75) is 10.7 Å². The first-order valence-electron chi connectivity index (χ1n) is 5.74. The molecule has 19 heavy (non-hydrogen) atoms. The fourth-order valence-electron chi connectivity index (χ4n) is 2.33. The SMILES string of the molecule is NC1(N2CCNCC2)C=CC(F)=CC1(F)S(N)(=O)=O. The number of allylic oxidation sites excluding steroid dienone is 2. The molecule has 0 saturated carbocycles. The molecule has 1 fully saturated rings. The predicted octanol–water partition coefficient (Wildman–Crippen LogP) is -1.08. The second-order valence-corrected chi connectivity index (χ2v) is 6.30. The topological polar surface area (TPSA) is 101 Å². The summed E-state index contributed by atoms with van der Waals surface area (Å²) in [6.07, 6.45) is 2.29. The van der Waals surface area contributed by atoms with Crippen LogP contribution in [0.4, 0.5) is 8.78 Å². The molecule has 0 aromatic rings. The smallest absolute Gasteiger partial charge is 0.279 e. The van der Waals surface area contributed by atoms with Crippen molar-refractivity contribution in [3.63, 3.8) is 0 Å². The zero-order valence-corrected chi connectivity index (χ0v) is 11.0. The van der Waals surface area contributed by atoms with Gasteiger partial charge in [0.2, 0.25) is 0 Å². The quantitative estimate of drug-likeness (QED) is 0.601. The van der Waals surface area contributed by atoms with Gasteiger partial charge in [-0.2, -0.15) is 0 Å². The number of alkyl halides is 1. The first kappa shape index (κ1) is 14.5. The van der Waals surface area contributed by atoms with E-state index in [0.29, 0.717) is 32.3 Å². The summed E-state index contributed by atoms with van der Waals surface area (Å²) >= 11 is 0. The van der Waals surface area contributed by atoms with Gasteiger partial charge in [-0.05, 0) is 12.2 Å². The van der Waals surface area contributed by atoms with Crippen molar-refractivity contribution >= 4 is 10.0 Å². The number of nitrogens with two attached hydrogens (primary N) is 2. The number of halogens is 2. The Morgan fingerprint density at radius 1 is 1.37 bits per heavy atom. The minimum Gasteiger partial charge on any atom is -0.314 e. The summed E-state index contributed by atoms with van der Waals surface area (Å²) in [5.74, 6) is -1.02. The standard InChI is InChI=1S/C10H16F2N4O2S/c11-8-1-2-10(13,16-5-3-15-4-6-16)9(12,7-8)19(14,17)18/h1-2,7,15H,3-6,13H2,(H2,14,17,18). The number of piperazine rings is 1. The Balaban J connectivity index is 2.50. The average Bonchev–Trinajstić information content (AvgIpc) is 2.34. The maximum Gasteiger partial charge on any atom is 0.279 e. The molecule has 108 valence electrons. The van der Waals surface area contributed by atoms with E-state index in [4.69, 9.17) is 10.9 Å². The number of sulfonamides is 1. The first-order chi connectivity index (χ1) is 8.71. The number of nitrogens with zero attached hydrogens (tertiary/aromatic N) is 1. The summed E-state index contributed by atoms with van der Waals surface area (Å²) in [6.45, 7) is 1.72. The van der Waals surface area contributed by atoms with Crippen LogP contribution in [0.2, 0.25) is 0 Å². The van der Waals surface area contributed by atoms with Crippen LogP contribution < -0.4 is 16.2 Å². The summed E-state index contributed by atoms with van der Waals surface area (Å²) in [4.78, 5) is 1.44. The van der Waals surface area contributed by atoms with Gasteiger partial charge in [-0.3, -0.25) is 4.90 Å². The average molecular weight is 294 g/mol. The lowest BCUT2D eigenvalue weighted by molar-refractivity contribution is 0.0388. The molecule has 2 atom stereocenters. The van der Waals surface area contributed by atoms with Crippen LogP contribution in [-0.4, -0.2) is 50.2 Å². The highest BCUT2D eigenvalue weighted by atomic mass is 32.2. The lowest BCUT2D eigenvalue weighted by atomic mass is 9.95. The Morgan fingerprint density at radius 2 is 1.95 bits per heavy atom. The van der Waals surface area contributed by atoms with Crippen LogP contribution in [0.3, 0.4) is 0 Å². The van der Waals surface area contributed by atoms with Gasteiger partial charge in [0.15, 0.2) is 0 Å². The lowest BCUT2D eigenvalue weighted by Gasteiger charge is -2.47. The van der Waals surface area contributed by atoms with Gasteiger partial charge in [0, 0.05) is 32.3 Å². The maximum absolute atomic E-state index is 14.9. The molecule has 0 amide bonds. The third kappa shape index (κ3) is 2.21. The van der Waals surface area contributed by atoms with Crippen LogP contribution >= 0.6 is 0 Å². The zero-order chi connectivity index (χ0) is 14.3. The minimum atomic E-state index is -4.74. The number of hydrogen-bond donors (Lipinski definition) is 3. The molecule has 2 unspecified atom stereocenters. The van der Waals surface area contributed by atoms with Gasteiger partial charge in [-0.1, -0.05) is 0 Å². The fraction of sp³-hybridized carbons (Fsp3) is 0.600. The highest BCUT2D eigenvalue weighted by Gasteiger charge is 2.60. The van der Waals surface area contributed by atoms with Crippen molar-refractivity contribution in [3.05, 3.63) is 24.1 Å². The lowest BCUT2D eigenvalue weighted by Crippen LogP contribution is -2.73. The zero-order valence-electron chi connectivity index (χ0n) is 10.1. The Morgan fingerprint density at radius 3 is 2.47 bits per heavy atom. The van der Waals surface area contributed by atoms with Crippen molar-refractivity contribution in [2.75, 3.05) is 26.2 Å². The summed E-state index contributed by atoms with van der Waals surface area (Å²) < 4.78 is 51.2. The van der Waals surface area contributed by atoms with E-state index in [1.807, 2.05) is 0 Å². The van der Waals surface area contributed by atoms with E-state index in [-0.39, 0.29) is 0 Å². The molecule has 0 spiro atoms. The highest BCUT2D eigenvalue weighted by molar-refractivity contribution is 7.90. The van der Waals surface area contributed by atoms with Crippen LogP contribution in [0, 0.1) is 0 Å². The first-order valence-corrected chi connectivity index (χ1v) is 7.29. The van der Waals surface area contributed by atoms with Crippen molar-refractivity contribution in [3.8, 4) is 0 Å². The fourth-order valence-corrected chi connectivity index (χ4v) is 3.26. The second kappa shape index (κ2) is 4.60. The summed E-state index contributed by atoms with van der Waals surface area (Å²) in [7, 11) is -4.74. The van der Waals surface area contributed by atoms with Crippen LogP contribution in [0.25, 0.3) is 0 Å². The molecule has 0 bridgehead atoms. The van der Waals surface area contributed by atoms with E-state index >= 15 is 0 Å². The monoisotopic (exact) mass is 294 g/mol. The Labute approximate surface area is 110 Å². The Hall–Kier alpha value is -0.870. The maximum atomic E-state index is 14.9. The normalized spacial score (nSPS) is 37.2. The Kier molecular flexibility index (Phi) is 3.52. The molecular formula is C10H16F2N4O2S. The third-order valence-corrected chi connectivity index (χ3v) is 4.69. The summed E-state index contributed by atoms with van der Waals surface area (Å²) in [5, 5.41) is 4.75. The van der Waals surface area contributed by atoms with E-state index in [9.17, 15) is 17.2 Å². The van der Waals surface area contributed by atoms with E-state index < -0.39 is 26.5 Å². The molecule has 6 nitrogen and oxygen atoms in total. The number of nitrogens with one attached hydrogen (secondary N) is 1. The van der Waals surface area contributed by atoms with Gasteiger partial charge in [0.1, 0.15) is 11.5 Å². The van der Waals surface area contributed by atoms with E-state index in [2.05, 4.69) is 5.32 Å². The second-order valence-electron chi connectivity index (χ2n) is 4.61. The molecule has 2 aliphatic rings. The Bertz CT molecular complexity index is 530. The molecule has 0 radical (unpaired) electrons. The minimum absolute atomic E-state index is 0.324. The van der Waals surface area contributed by atoms with Crippen LogP contribution in [0.15, 0.2) is 24.1 Å². The molecule has 0 aromatic carbocycles. The van der Waals surface area contributed by atoms with Gasteiger partial charge in [-0.15, -0.1) is 0 Å². The molecule has 9 heteroatoms. The number of primary sulfonamides is 1. The van der Waals surface area contributed by atoms with Gasteiger partial charge in [0.25, 0.3) is 15.0 Å². The molecule has 1 heterocycles. The summed E-state index contributed by atoms with van der Waals surface area (Å²) in [6, 6.07) is 0. The third-order valence-electron chi connectivity index (χ3n) is 3.42. The van der Waals surface area contributed by atoms with E-state index in [1.54, 1.807) is 0 Å². The van der Waals surface area contributed by atoms with Gasteiger partial charge < -0.3 is 11.1 Å². The van der Waals surface area contributed by atoms with Gasteiger partial charge in [0.05, 0.1) is 0 Å². The molecule has 5 N–H and O–H groups in total. The van der Waals surface area contributed by atoms with Gasteiger partial charge >= 0.3 is 0 Å². The van der Waals surface area contributed by atoms with Crippen molar-refractivity contribution in [2.24, 2.45) is 10.9 Å². The van der Waals surface area contributed by atoms with E-state index in [1.165, 1.54) is 4.90 Å². The molecule has 2 rings (SSSR count).